The minimum Gasteiger partial charge on any atom is -0.480 e. The molecule has 0 radical (unpaired) electrons. The molecule has 2 aliphatic heterocycles. The second kappa shape index (κ2) is 24.0. The van der Waals surface area contributed by atoms with Crippen LogP contribution in [0.25, 0.3) is 11.2 Å². The Balaban J connectivity index is 0.964. The van der Waals surface area contributed by atoms with E-state index in [1.54, 1.807) is 24.3 Å². The molecule has 1 amide bonds. The summed E-state index contributed by atoms with van der Waals surface area (Å²) < 4.78 is 42.2. The highest BCUT2D eigenvalue weighted by atomic mass is 32.2. The van der Waals surface area contributed by atoms with Crippen molar-refractivity contribution in [3.05, 3.63) is 188 Å². The van der Waals surface area contributed by atoms with Gasteiger partial charge in [0.15, 0.2) is 16.9 Å². The second-order valence-electron chi connectivity index (χ2n) is 21.7. The molecule has 0 saturated carbocycles. The number of fused-ring (bicyclic) bond motifs is 3. The Morgan fingerprint density at radius 3 is 2.36 bits per heavy atom. The lowest BCUT2D eigenvalue weighted by molar-refractivity contribution is -0.438. The maximum absolute atomic E-state index is 13.5. The molecule has 7 N–H and O–H groups in total. The molecule has 1 aliphatic carbocycles. The van der Waals surface area contributed by atoms with Gasteiger partial charge in [0, 0.05) is 65.1 Å². The molecule has 1 atom stereocenters. The third kappa shape index (κ3) is 12.8. The van der Waals surface area contributed by atoms with Gasteiger partial charge < -0.3 is 31.1 Å². The fraction of sp³-hybridized carbons (Fsp3) is 0.339. The van der Waals surface area contributed by atoms with E-state index in [0.717, 1.165) is 73.4 Å². The van der Waals surface area contributed by atoms with Crippen molar-refractivity contribution < 1.29 is 37.0 Å². The number of hydrogen-bond acceptors (Lipinski definition) is 12. The molecule has 18 heteroatoms. The zero-order chi connectivity index (χ0) is 56.8. The van der Waals surface area contributed by atoms with Gasteiger partial charge in [0.1, 0.15) is 24.1 Å². The van der Waals surface area contributed by atoms with Crippen molar-refractivity contribution >= 4 is 61.9 Å². The number of para-hydroxylation sites is 2. The van der Waals surface area contributed by atoms with Crippen LogP contribution in [-0.4, -0.2) is 85.1 Å². The summed E-state index contributed by atoms with van der Waals surface area (Å²) in [5.41, 5.74) is 15.9. The van der Waals surface area contributed by atoms with Gasteiger partial charge in [-0.25, -0.2) is 14.8 Å². The molecule has 17 nitrogen and oxygen atoms in total. The number of aliphatic carboxylic acids is 1. The Morgan fingerprint density at radius 1 is 0.887 bits per heavy atom. The van der Waals surface area contributed by atoms with Gasteiger partial charge in [0.05, 0.1) is 29.6 Å². The second-order valence-corrected chi connectivity index (χ2v) is 23.3. The standard InChI is InChI=1S/C62H69N9O8S/c1-6-7-12-34-70-50-20-10-8-18-47(50)61(2,3)52(70)32-26-41-16-15-17-42(27-33-53-62(4,5)48-19-9-11-21-51(48)71(53)35-13-14-36-80(76,77)78)55(41)79-46-30-22-40(23-31-46)37-49(59(74)75)67-57(72)43-24-28-44(29-25-43)64-38-45-39-65-56-54(66-45)58(73)69-60(63)68-56/h8-11,18-33,39,49H,6-7,12-17,34-38H2,1-5H3,(H6-,63,64,65,67,68,69,72,73,74,75,76,77,78)/p+1/t49-/m0/s1. The molecule has 4 aromatic carbocycles. The number of aromatic amines is 1. The summed E-state index contributed by atoms with van der Waals surface area (Å²) >= 11 is 0. The first-order valence-electron chi connectivity index (χ1n) is 27.4. The van der Waals surface area contributed by atoms with Crippen LogP contribution >= 0.6 is 0 Å². The van der Waals surface area contributed by atoms with Crippen molar-refractivity contribution in [2.24, 2.45) is 0 Å². The first-order valence-corrected chi connectivity index (χ1v) is 29.0. The molecule has 4 heterocycles. The zero-order valence-corrected chi connectivity index (χ0v) is 46.8. The van der Waals surface area contributed by atoms with Crippen LogP contribution in [-0.2, 0) is 38.7 Å². The number of carboxylic acids is 1. The van der Waals surface area contributed by atoms with Crippen LogP contribution in [0.15, 0.2) is 155 Å². The Labute approximate surface area is 466 Å². The number of ether oxygens (including phenoxy) is 1. The number of carbonyl (C=O) groups excluding carboxylic acids is 1. The number of carbonyl (C=O) groups is 2. The number of benzene rings is 4. The van der Waals surface area contributed by atoms with Gasteiger partial charge in [-0.1, -0.05) is 81.8 Å². The summed E-state index contributed by atoms with van der Waals surface area (Å²) in [7, 11) is -4.08. The van der Waals surface area contributed by atoms with Gasteiger partial charge in [0.25, 0.3) is 21.6 Å². The van der Waals surface area contributed by atoms with Gasteiger partial charge in [0.2, 0.25) is 11.6 Å². The maximum Gasteiger partial charge on any atom is 0.326 e. The number of nitrogens with zero attached hydrogens (tertiary/aromatic N) is 5. The van der Waals surface area contributed by atoms with E-state index in [-0.39, 0.29) is 52.2 Å². The molecule has 0 spiro atoms. The quantitative estimate of drug-likeness (QED) is 0.0210. The molecule has 6 aromatic rings. The summed E-state index contributed by atoms with van der Waals surface area (Å²) in [5, 5.41) is 16.2. The number of rotatable bonds is 22. The van der Waals surface area contributed by atoms with E-state index in [0.29, 0.717) is 42.1 Å². The minimum atomic E-state index is -4.08. The number of hydrogen-bond donors (Lipinski definition) is 6. The normalized spacial score (nSPS) is 17.1. The average molecular weight is 1100 g/mol. The average Bonchev–Trinajstić information content (AvgIpc) is 4.03. The lowest BCUT2D eigenvalue weighted by Gasteiger charge is -2.27. The Morgan fingerprint density at radius 2 is 1.62 bits per heavy atom. The Kier molecular flexibility index (Phi) is 17.0. The number of amides is 1. The molecule has 0 saturated heterocycles. The number of carboxylic acid groups (broad SMARTS) is 1. The van der Waals surface area contributed by atoms with Gasteiger partial charge in [-0.3, -0.25) is 19.1 Å². The van der Waals surface area contributed by atoms with E-state index in [4.69, 9.17) is 10.5 Å². The van der Waals surface area contributed by atoms with E-state index in [2.05, 4.69) is 135 Å². The smallest absolute Gasteiger partial charge is 0.326 e. The lowest BCUT2D eigenvalue weighted by Crippen LogP contribution is -2.42. The van der Waals surface area contributed by atoms with Crippen LogP contribution in [0.1, 0.15) is 119 Å². The van der Waals surface area contributed by atoms with Crippen molar-refractivity contribution in [1.82, 2.24) is 25.3 Å². The predicted octanol–water partition coefficient (Wildman–Crippen LogP) is 10.2. The van der Waals surface area contributed by atoms with Gasteiger partial charge in [-0.2, -0.15) is 18.0 Å². The highest BCUT2D eigenvalue weighted by Gasteiger charge is 2.44. The molecular formula is C62H70N9O8S+. The third-order valence-corrected chi connectivity index (χ3v) is 16.1. The number of unbranched alkanes of at least 4 members (excludes halogenated alkanes) is 3. The van der Waals surface area contributed by atoms with E-state index >= 15 is 0 Å². The van der Waals surface area contributed by atoms with Crippen molar-refractivity contribution in [2.75, 3.05) is 34.8 Å². The van der Waals surface area contributed by atoms with E-state index < -0.39 is 33.6 Å². The van der Waals surface area contributed by atoms with E-state index in [9.17, 15) is 32.5 Å². The van der Waals surface area contributed by atoms with Gasteiger partial charge in [-0.05, 0) is 129 Å². The summed E-state index contributed by atoms with van der Waals surface area (Å²) in [6.45, 7) is 12.9. The lowest BCUT2D eigenvalue weighted by atomic mass is 9.81. The first-order chi connectivity index (χ1) is 38.3. The summed E-state index contributed by atoms with van der Waals surface area (Å²) in [5.74, 6) is -0.762. The first kappa shape index (κ1) is 56.5. The monoisotopic (exact) mass is 1100 g/mol. The minimum absolute atomic E-state index is 0.0180. The number of allylic oxidation sites excluding steroid dienone is 7. The number of nitrogens with one attached hydrogen (secondary N) is 3. The number of aromatic nitrogens is 4. The fourth-order valence-corrected chi connectivity index (χ4v) is 11.6. The molecule has 416 valence electrons. The Hall–Kier alpha value is -8.22. The summed E-state index contributed by atoms with van der Waals surface area (Å²) in [6, 6.07) is 29.6. The molecule has 0 bridgehead atoms. The van der Waals surface area contributed by atoms with Crippen molar-refractivity contribution in [3.8, 4) is 5.75 Å². The van der Waals surface area contributed by atoms with Crippen LogP contribution in [0.2, 0.25) is 0 Å². The maximum atomic E-state index is 13.5. The van der Waals surface area contributed by atoms with Crippen molar-refractivity contribution in [2.45, 2.75) is 116 Å². The molecule has 9 rings (SSSR count). The zero-order valence-electron chi connectivity index (χ0n) is 46.0. The van der Waals surface area contributed by atoms with Crippen LogP contribution in [0.5, 0.6) is 5.75 Å². The van der Waals surface area contributed by atoms with Crippen LogP contribution in [0.4, 0.5) is 23.0 Å². The third-order valence-electron chi connectivity index (χ3n) is 15.3. The molecular weight excluding hydrogens is 1030 g/mol. The topological polar surface area (TPSA) is 246 Å². The summed E-state index contributed by atoms with van der Waals surface area (Å²) in [4.78, 5) is 55.6. The predicted molar refractivity (Wildman–Crippen MR) is 313 cm³/mol. The van der Waals surface area contributed by atoms with E-state index in [1.165, 1.54) is 28.7 Å². The highest BCUT2D eigenvalue weighted by molar-refractivity contribution is 7.85. The number of H-pyrrole nitrogens is 1. The fourth-order valence-electron chi connectivity index (χ4n) is 11.0. The largest absolute Gasteiger partial charge is 0.480 e. The van der Waals surface area contributed by atoms with Crippen molar-refractivity contribution in [1.29, 1.82) is 0 Å². The number of nitrogens with two attached hydrogens (primary N) is 1. The van der Waals surface area contributed by atoms with Gasteiger partial charge in [-0.15, -0.1) is 0 Å². The molecule has 3 aliphatic rings. The van der Waals surface area contributed by atoms with Crippen LogP contribution in [0, 0.1) is 0 Å². The van der Waals surface area contributed by atoms with E-state index in [1.807, 2.05) is 36.4 Å². The SMILES string of the molecule is CCCCC[N+]1=C(/C=C/C2=C(Oc3ccc(C[C@H](NC(=O)c4ccc(NCc5cnc6nc(N)[nH]c(=O)c6n5)cc4)C(=O)O)cc3)C(=C/C=C3/N(CCCCS(=O)(=O)O)c4ccccc4C3(C)C)/CCC2)C(C)(C)c2ccccc21. The number of anilines is 3. The van der Waals surface area contributed by atoms with Crippen LogP contribution < -0.4 is 31.6 Å². The Bertz CT molecular complexity index is 3660. The van der Waals surface area contributed by atoms with Gasteiger partial charge >= 0.3 is 5.97 Å². The molecule has 2 aromatic heterocycles. The van der Waals surface area contributed by atoms with Crippen LogP contribution in [0.3, 0.4) is 0 Å². The highest BCUT2D eigenvalue weighted by Crippen LogP contribution is 2.48. The summed E-state index contributed by atoms with van der Waals surface area (Å²) in [6.07, 6.45) is 17.0. The molecule has 80 heavy (non-hydrogen) atoms. The van der Waals surface area contributed by atoms with Crippen molar-refractivity contribution in [3.63, 3.8) is 0 Å². The molecule has 0 fully saturated rings. The number of nitrogen functional groups attached to an aromatic ring is 1. The molecule has 0 unspecified atom stereocenters.